The molecule has 2 amide bonds. The van der Waals surface area contributed by atoms with E-state index < -0.39 is 11.8 Å². The summed E-state index contributed by atoms with van der Waals surface area (Å²) in [5.41, 5.74) is 0.346. The molecule has 0 spiro atoms. The lowest BCUT2D eigenvalue weighted by molar-refractivity contribution is -0.142. The lowest BCUT2D eigenvalue weighted by Crippen LogP contribution is -2.48. The molecule has 0 radical (unpaired) electrons. The number of para-hydroxylation sites is 1. The second kappa shape index (κ2) is 9.18. The molecule has 1 aromatic heterocycles. The van der Waals surface area contributed by atoms with Crippen LogP contribution in [-0.2, 0) is 10.7 Å². The smallest absolute Gasteiger partial charge is 0.352 e. The molecule has 2 aromatic rings. The lowest BCUT2D eigenvalue weighted by Gasteiger charge is -2.37. The van der Waals surface area contributed by atoms with Crippen molar-refractivity contribution in [3.05, 3.63) is 47.7 Å². The molecule has 170 valence electrons. The van der Waals surface area contributed by atoms with Gasteiger partial charge < -0.3 is 15.1 Å². The van der Waals surface area contributed by atoms with Gasteiger partial charge in [-0.3, -0.25) is 9.59 Å². The van der Waals surface area contributed by atoms with Gasteiger partial charge in [-0.05, 0) is 37.5 Å². The second-order valence-corrected chi connectivity index (χ2v) is 8.22. The number of rotatable bonds is 7. The molecule has 2 aliphatic rings. The number of nitrogens with one attached hydrogen (secondary N) is 1. The molecule has 2 aliphatic heterocycles. The van der Waals surface area contributed by atoms with Crippen LogP contribution < -0.4 is 15.1 Å². The predicted molar refractivity (Wildman–Crippen MR) is 117 cm³/mol. The number of carbonyl (C=O) groups excluding carboxylic acids is 2. The number of aromatic nitrogens is 2. The zero-order valence-corrected chi connectivity index (χ0v) is 18.1. The minimum Gasteiger partial charge on any atom is -0.355 e. The summed E-state index contributed by atoms with van der Waals surface area (Å²) in [6.45, 7) is 3.83. The number of anilines is 2. The van der Waals surface area contributed by atoms with Gasteiger partial charge in [0.05, 0.1) is 11.3 Å². The van der Waals surface area contributed by atoms with Gasteiger partial charge in [-0.25, -0.2) is 0 Å². The van der Waals surface area contributed by atoms with E-state index in [1.165, 1.54) is 17.0 Å². The fourth-order valence-corrected chi connectivity index (χ4v) is 4.32. The van der Waals surface area contributed by atoms with E-state index in [9.17, 15) is 18.4 Å². The van der Waals surface area contributed by atoms with Crippen molar-refractivity contribution < 1.29 is 18.4 Å². The van der Waals surface area contributed by atoms with Crippen molar-refractivity contribution in [2.75, 3.05) is 29.4 Å². The summed E-state index contributed by atoms with van der Waals surface area (Å²) >= 11 is 0. The van der Waals surface area contributed by atoms with E-state index in [0.717, 1.165) is 19.3 Å². The Labute approximate surface area is 185 Å². The van der Waals surface area contributed by atoms with Gasteiger partial charge in [0, 0.05) is 25.7 Å². The summed E-state index contributed by atoms with van der Waals surface area (Å²) in [4.78, 5) is 27.9. The predicted octanol–water partition coefficient (Wildman–Crippen LogP) is 3.50. The molecule has 1 fully saturated rings. The van der Waals surface area contributed by atoms with Crippen molar-refractivity contribution in [3.63, 3.8) is 0 Å². The summed E-state index contributed by atoms with van der Waals surface area (Å²) < 4.78 is 28.9. The van der Waals surface area contributed by atoms with E-state index in [1.54, 1.807) is 24.3 Å². The number of amides is 2. The van der Waals surface area contributed by atoms with Crippen LogP contribution in [0.3, 0.4) is 0 Å². The number of fused-ring (bicyclic) bond motifs is 1. The molecule has 7 nitrogen and oxygen atoms in total. The summed E-state index contributed by atoms with van der Waals surface area (Å²) in [5, 5.41) is 11.1. The Bertz CT molecular complexity index is 975. The number of piperidine rings is 1. The van der Waals surface area contributed by atoms with Crippen LogP contribution in [0, 0.1) is 0 Å². The first-order valence-electron chi connectivity index (χ1n) is 11.1. The third kappa shape index (κ3) is 4.16. The molecular weight excluding hydrogens is 416 g/mol. The van der Waals surface area contributed by atoms with E-state index in [2.05, 4.69) is 22.4 Å². The van der Waals surface area contributed by atoms with Gasteiger partial charge in [-0.15, -0.1) is 10.2 Å². The first-order chi connectivity index (χ1) is 15.4. The first-order valence-corrected chi connectivity index (χ1v) is 11.1. The zero-order valence-electron chi connectivity index (χ0n) is 18.1. The number of halogens is 2. The van der Waals surface area contributed by atoms with Gasteiger partial charge in [-0.1, -0.05) is 38.0 Å². The quantitative estimate of drug-likeness (QED) is 0.663. The normalized spacial score (nSPS) is 18.0. The first kappa shape index (κ1) is 22.1. The standard InChI is InChI=1S/C23H27F2N5O2/c1-2-3-6-13-26-21(31)18-9-10-20(28-27-18)29-14-11-16(12-15-29)30-19-8-5-4-7-17(19)23(24,25)22(30)32/h4-5,7-10,16H,2-3,6,11-15H2,1H3,(H,26,31). The molecule has 1 aromatic carbocycles. The molecule has 0 aliphatic carbocycles. The average Bonchev–Trinajstić information content (AvgIpc) is 3.02. The maximum Gasteiger partial charge on any atom is 0.352 e. The van der Waals surface area contributed by atoms with Gasteiger partial charge in [0.15, 0.2) is 11.5 Å². The Morgan fingerprint density at radius 3 is 2.56 bits per heavy atom. The maximum absolute atomic E-state index is 14.4. The SMILES string of the molecule is CCCCCNC(=O)c1ccc(N2CCC(N3C(=O)C(F)(F)c4ccccc43)CC2)nn1. The summed E-state index contributed by atoms with van der Waals surface area (Å²) in [6, 6.07) is 9.20. The fourth-order valence-electron chi connectivity index (χ4n) is 4.32. The number of nitrogens with zero attached hydrogens (tertiary/aromatic N) is 4. The highest BCUT2D eigenvalue weighted by atomic mass is 19.3. The molecule has 32 heavy (non-hydrogen) atoms. The summed E-state index contributed by atoms with van der Waals surface area (Å²) in [6.07, 6.45) is 4.16. The van der Waals surface area contributed by atoms with Gasteiger partial charge in [-0.2, -0.15) is 8.78 Å². The number of hydrogen-bond acceptors (Lipinski definition) is 5. The molecule has 9 heteroatoms. The van der Waals surface area contributed by atoms with E-state index >= 15 is 0 Å². The molecule has 0 saturated carbocycles. The average molecular weight is 443 g/mol. The van der Waals surface area contributed by atoms with Crippen LogP contribution in [0.15, 0.2) is 36.4 Å². The number of benzene rings is 1. The Hall–Kier alpha value is -3.10. The highest BCUT2D eigenvalue weighted by Gasteiger charge is 2.54. The largest absolute Gasteiger partial charge is 0.355 e. The molecule has 1 N–H and O–H groups in total. The Balaban J connectivity index is 1.36. The van der Waals surface area contributed by atoms with Crippen molar-refractivity contribution in [1.29, 1.82) is 0 Å². The van der Waals surface area contributed by atoms with E-state index in [4.69, 9.17) is 0 Å². The maximum atomic E-state index is 14.4. The van der Waals surface area contributed by atoms with E-state index in [-0.39, 0.29) is 23.2 Å². The fraction of sp³-hybridized carbons (Fsp3) is 0.478. The summed E-state index contributed by atoms with van der Waals surface area (Å²) in [5.74, 6) is -4.24. The molecule has 0 bridgehead atoms. The van der Waals surface area contributed by atoms with Gasteiger partial charge in [0.25, 0.3) is 5.91 Å². The van der Waals surface area contributed by atoms with Gasteiger partial charge in [0.2, 0.25) is 0 Å². The van der Waals surface area contributed by atoms with Crippen LogP contribution in [0.1, 0.15) is 55.1 Å². The minimum absolute atomic E-state index is 0.221. The van der Waals surface area contributed by atoms with Gasteiger partial charge in [0.1, 0.15) is 0 Å². The monoisotopic (exact) mass is 443 g/mol. The number of carbonyl (C=O) groups is 2. The topological polar surface area (TPSA) is 78.4 Å². The minimum atomic E-state index is -3.48. The molecule has 0 atom stereocenters. The Kier molecular flexibility index (Phi) is 6.34. The Morgan fingerprint density at radius 2 is 1.88 bits per heavy atom. The van der Waals surface area contributed by atoms with Crippen LogP contribution in [-0.4, -0.2) is 47.7 Å². The van der Waals surface area contributed by atoms with Crippen LogP contribution in [0.4, 0.5) is 20.3 Å². The van der Waals surface area contributed by atoms with Crippen molar-refractivity contribution in [3.8, 4) is 0 Å². The number of alkyl halides is 2. The van der Waals surface area contributed by atoms with Crippen molar-refractivity contribution in [2.24, 2.45) is 0 Å². The van der Waals surface area contributed by atoms with Crippen LogP contribution in [0.25, 0.3) is 0 Å². The second-order valence-electron chi connectivity index (χ2n) is 8.22. The van der Waals surface area contributed by atoms with Gasteiger partial charge >= 0.3 is 11.8 Å². The third-order valence-electron chi connectivity index (χ3n) is 6.09. The molecular formula is C23H27F2N5O2. The molecule has 3 heterocycles. The highest BCUT2D eigenvalue weighted by Crippen LogP contribution is 2.46. The van der Waals surface area contributed by atoms with Crippen LogP contribution in [0.2, 0.25) is 0 Å². The van der Waals surface area contributed by atoms with Crippen molar-refractivity contribution in [1.82, 2.24) is 15.5 Å². The number of hydrogen-bond donors (Lipinski definition) is 1. The molecule has 1 saturated heterocycles. The number of unbranched alkanes of at least 4 members (excludes halogenated alkanes) is 2. The van der Waals surface area contributed by atoms with Crippen molar-refractivity contribution >= 4 is 23.3 Å². The van der Waals surface area contributed by atoms with E-state index in [0.29, 0.717) is 44.0 Å². The third-order valence-corrected chi connectivity index (χ3v) is 6.09. The van der Waals surface area contributed by atoms with Crippen LogP contribution in [0.5, 0.6) is 0 Å². The molecule has 4 rings (SSSR count). The Morgan fingerprint density at radius 1 is 1.12 bits per heavy atom. The van der Waals surface area contributed by atoms with Crippen molar-refractivity contribution in [2.45, 2.75) is 51.0 Å². The van der Waals surface area contributed by atoms with Crippen LogP contribution >= 0.6 is 0 Å². The molecule has 0 unspecified atom stereocenters. The highest BCUT2D eigenvalue weighted by molar-refractivity contribution is 6.06. The zero-order chi connectivity index (χ0) is 22.7. The summed E-state index contributed by atoms with van der Waals surface area (Å²) in [7, 11) is 0. The lowest BCUT2D eigenvalue weighted by atomic mass is 10.0. The van der Waals surface area contributed by atoms with E-state index in [1.807, 2.05) is 4.90 Å².